The van der Waals surface area contributed by atoms with Crippen LogP contribution in [0, 0.1) is 11.8 Å². The molecule has 0 fully saturated rings. The Labute approximate surface area is 122 Å². The van der Waals surface area contributed by atoms with E-state index in [2.05, 4.69) is 26.5 Å². The van der Waals surface area contributed by atoms with Gasteiger partial charge in [0.15, 0.2) is 0 Å². The van der Waals surface area contributed by atoms with Crippen molar-refractivity contribution < 1.29 is 14.6 Å². The fraction of sp³-hybridized carbons (Fsp3) is 0.706. The van der Waals surface area contributed by atoms with Gasteiger partial charge in [0.25, 0.3) is 0 Å². The van der Waals surface area contributed by atoms with Gasteiger partial charge in [0.1, 0.15) is 6.10 Å². The Balaban J connectivity index is 2.89. The summed E-state index contributed by atoms with van der Waals surface area (Å²) in [6.07, 6.45) is 6.75. The van der Waals surface area contributed by atoms with Crippen molar-refractivity contribution in [2.45, 2.75) is 65.1 Å². The lowest BCUT2D eigenvalue weighted by molar-refractivity contribution is -0.145. The predicted molar refractivity (Wildman–Crippen MR) is 81.3 cm³/mol. The van der Waals surface area contributed by atoms with Gasteiger partial charge in [-0.25, -0.2) is 0 Å². The highest BCUT2D eigenvalue weighted by molar-refractivity contribution is 5.66. The van der Waals surface area contributed by atoms with Gasteiger partial charge in [-0.1, -0.05) is 32.6 Å². The number of esters is 1. The largest absolute Gasteiger partial charge is 0.458 e. The fourth-order valence-corrected chi connectivity index (χ4v) is 2.55. The van der Waals surface area contributed by atoms with Crippen molar-refractivity contribution >= 4 is 5.97 Å². The van der Waals surface area contributed by atoms with Gasteiger partial charge in [-0.05, 0) is 50.0 Å². The zero-order valence-corrected chi connectivity index (χ0v) is 13.2. The topological polar surface area (TPSA) is 46.5 Å². The van der Waals surface area contributed by atoms with Crippen molar-refractivity contribution in [2.75, 3.05) is 0 Å². The average molecular weight is 280 g/mol. The summed E-state index contributed by atoms with van der Waals surface area (Å²) >= 11 is 0. The molecule has 20 heavy (non-hydrogen) atoms. The van der Waals surface area contributed by atoms with Gasteiger partial charge >= 0.3 is 5.97 Å². The molecule has 0 spiro atoms. The Morgan fingerprint density at radius 1 is 1.50 bits per heavy atom. The Kier molecular flexibility index (Phi) is 6.00. The normalized spacial score (nSPS) is 33.8. The monoisotopic (exact) mass is 280 g/mol. The quantitative estimate of drug-likeness (QED) is 0.620. The molecule has 0 aliphatic heterocycles. The van der Waals surface area contributed by atoms with Gasteiger partial charge in [0.2, 0.25) is 0 Å². The first-order chi connectivity index (χ1) is 9.21. The Morgan fingerprint density at radius 2 is 2.15 bits per heavy atom. The van der Waals surface area contributed by atoms with E-state index in [0.717, 1.165) is 18.4 Å². The minimum absolute atomic E-state index is 0.279. The molecular weight excluding hydrogens is 252 g/mol. The Morgan fingerprint density at radius 3 is 2.70 bits per heavy atom. The number of carbonyl (C=O) groups excluding carboxylic acids is 1. The summed E-state index contributed by atoms with van der Waals surface area (Å²) in [6, 6.07) is 0. The number of carbonyl (C=O) groups is 1. The van der Waals surface area contributed by atoms with Crippen molar-refractivity contribution in [3.05, 3.63) is 24.3 Å². The maximum absolute atomic E-state index is 11.2. The summed E-state index contributed by atoms with van der Waals surface area (Å²) in [5, 5.41) is 10.4. The molecule has 0 saturated carbocycles. The molecule has 3 nitrogen and oxygen atoms in total. The molecule has 2 unspecified atom stereocenters. The van der Waals surface area contributed by atoms with Crippen LogP contribution in [-0.4, -0.2) is 22.8 Å². The van der Waals surface area contributed by atoms with E-state index < -0.39 is 5.60 Å². The van der Waals surface area contributed by atoms with Crippen LogP contribution >= 0.6 is 0 Å². The van der Waals surface area contributed by atoms with Gasteiger partial charge in [0.05, 0.1) is 5.60 Å². The van der Waals surface area contributed by atoms with Crippen LogP contribution < -0.4 is 0 Å². The maximum Gasteiger partial charge on any atom is 0.303 e. The van der Waals surface area contributed by atoms with E-state index in [4.69, 9.17) is 4.74 Å². The van der Waals surface area contributed by atoms with Crippen LogP contribution in [0.15, 0.2) is 24.3 Å². The van der Waals surface area contributed by atoms with Crippen LogP contribution in [0.2, 0.25) is 0 Å². The SMILES string of the molecule is C=C1CC[C@@H](C(C)C)/C=C/C(C)(O)CCC1OC(C)=O. The van der Waals surface area contributed by atoms with Gasteiger partial charge in [-0.3, -0.25) is 4.79 Å². The van der Waals surface area contributed by atoms with Crippen molar-refractivity contribution in [3.8, 4) is 0 Å². The van der Waals surface area contributed by atoms with Crippen LogP contribution in [0.4, 0.5) is 0 Å². The number of allylic oxidation sites excluding steroid dienone is 1. The summed E-state index contributed by atoms with van der Waals surface area (Å²) in [5.74, 6) is 0.638. The van der Waals surface area contributed by atoms with Crippen molar-refractivity contribution in [1.82, 2.24) is 0 Å². The third kappa shape index (κ3) is 5.49. The van der Waals surface area contributed by atoms with Crippen LogP contribution in [0.3, 0.4) is 0 Å². The van der Waals surface area contributed by atoms with Crippen molar-refractivity contribution in [1.29, 1.82) is 0 Å². The first-order valence-corrected chi connectivity index (χ1v) is 7.48. The zero-order valence-electron chi connectivity index (χ0n) is 13.2. The minimum atomic E-state index is -0.858. The van der Waals surface area contributed by atoms with Crippen molar-refractivity contribution in [3.63, 3.8) is 0 Å². The Bertz CT molecular complexity index is 380. The van der Waals surface area contributed by atoms with Crippen LogP contribution in [0.1, 0.15) is 53.4 Å². The number of rotatable bonds is 2. The average Bonchev–Trinajstić information content (AvgIpc) is 2.32. The van der Waals surface area contributed by atoms with E-state index in [1.165, 1.54) is 6.92 Å². The number of aliphatic hydroxyl groups is 1. The summed E-state index contributed by atoms with van der Waals surface area (Å²) in [7, 11) is 0. The second kappa shape index (κ2) is 7.07. The second-order valence-corrected chi connectivity index (χ2v) is 6.46. The van der Waals surface area contributed by atoms with E-state index in [9.17, 15) is 9.90 Å². The molecular formula is C17H28O3. The molecule has 1 aliphatic rings. The molecule has 3 heteroatoms. The Hall–Kier alpha value is -1.09. The molecule has 114 valence electrons. The molecule has 0 aromatic carbocycles. The predicted octanol–water partition coefficient (Wildman–Crippen LogP) is 3.63. The van der Waals surface area contributed by atoms with Crippen molar-refractivity contribution in [2.24, 2.45) is 11.8 Å². The van der Waals surface area contributed by atoms with Gasteiger partial charge in [-0.15, -0.1) is 0 Å². The molecule has 0 aromatic heterocycles. The second-order valence-electron chi connectivity index (χ2n) is 6.46. The van der Waals surface area contributed by atoms with Crippen LogP contribution in [0.5, 0.6) is 0 Å². The molecule has 1 rings (SSSR count). The molecule has 0 heterocycles. The lowest BCUT2D eigenvalue weighted by atomic mass is 9.84. The summed E-state index contributed by atoms with van der Waals surface area (Å²) < 4.78 is 5.35. The smallest absolute Gasteiger partial charge is 0.303 e. The first-order valence-electron chi connectivity index (χ1n) is 7.48. The van der Waals surface area contributed by atoms with Gasteiger partial charge in [0, 0.05) is 6.92 Å². The molecule has 1 N–H and O–H groups in total. The molecule has 0 saturated heterocycles. The fourth-order valence-electron chi connectivity index (χ4n) is 2.55. The standard InChI is InChI=1S/C17H28O3/c1-12(2)15-7-6-13(3)16(20-14(4)18)9-11-17(5,19)10-8-15/h8,10,12,15-16,19H,3,6-7,9,11H2,1-2,4-5H3/b10-8+/t15-,16?,17?/m1/s1. The van der Waals surface area contributed by atoms with E-state index >= 15 is 0 Å². The van der Waals surface area contributed by atoms with Gasteiger partial charge < -0.3 is 9.84 Å². The molecule has 0 aromatic rings. The summed E-state index contributed by atoms with van der Waals surface area (Å²) in [6.45, 7) is 11.7. The molecule has 0 bridgehead atoms. The highest BCUT2D eigenvalue weighted by Crippen LogP contribution is 2.29. The zero-order chi connectivity index (χ0) is 15.3. The third-order valence-corrected chi connectivity index (χ3v) is 4.03. The number of hydrogen-bond donors (Lipinski definition) is 1. The molecule has 1 aliphatic carbocycles. The molecule has 0 radical (unpaired) electrons. The van der Waals surface area contributed by atoms with E-state index in [1.54, 1.807) is 6.92 Å². The minimum Gasteiger partial charge on any atom is -0.458 e. The molecule has 3 atom stereocenters. The number of ether oxygens (including phenoxy) is 1. The van der Waals surface area contributed by atoms with E-state index in [-0.39, 0.29) is 12.1 Å². The third-order valence-electron chi connectivity index (χ3n) is 4.03. The van der Waals surface area contributed by atoms with E-state index in [0.29, 0.717) is 24.7 Å². The lowest BCUT2D eigenvalue weighted by Crippen LogP contribution is -2.28. The molecule has 0 amide bonds. The highest BCUT2D eigenvalue weighted by atomic mass is 16.5. The summed E-state index contributed by atoms with van der Waals surface area (Å²) in [5.41, 5.74) is 0.0975. The summed E-state index contributed by atoms with van der Waals surface area (Å²) in [4.78, 5) is 11.2. The lowest BCUT2D eigenvalue weighted by Gasteiger charge is -2.28. The maximum atomic E-state index is 11.2. The first kappa shape index (κ1) is 17.0. The van der Waals surface area contributed by atoms with Crippen LogP contribution in [-0.2, 0) is 9.53 Å². The van der Waals surface area contributed by atoms with Gasteiger partial charge in [-0.2, -0.15) is 0 Å². The highest BCUT2D eigenvalue weighted by Gasteiger charge is 2.25. The van der Waals surface area contributed by atoms with E-state index in [1.807, 2.05) is 6.08 Å². The number of hydrogen-bond acceptors (Lipinski definition) is 3. The van der Waals surface area contributed by atoms with Crippen LogP contribution in [0.25, 0.3) is 0 Å².